The van der Waals surface area contributed by atoms with E-state index >= 15 is 0 Å². The average Bonchev–Trinajstić information content (AvgIpc) is 2.82. The van der Waals surface area contributed by atoms with Crippen LogP contribution in [0, 0.1) is 0 Å². The molecule has 5 heteroatoms. The predicted molar refractivity (Wildman–Crippen MR) is 63.0 cm³/mol. The van der Waals surface area contributed by atoms with Crippen LogP contribution in [0.25, 0.3) is 0 Å². The average molecular weight is 252 g/mol. The Bertz CT molecular complexity index is 523. The molecule has 2 aromatic rings. The first kappa shape index (κ1) is 11.5. The van der Waals surface area contributed by atoms with E-state index in [0.717, 1.165) is 5.56 Å². The van der Waals surface area contributed by atoms with Gasteiger partial charge < -0.3 is 14.8 Å². The number of hydrogen-bond acceptors (Lipinski definition) is 3. The van der Waals surface area contributed by atoms with Crippen molar-refractivity contribution in [3.63, 3.8) is 0 Å². The molecule has 1 amide bonds. The Morgan fingerprint density at radius 2 is 2.24 bits per heavy atom. The third-order valence-electron chi connectivity index (χ3n) is 2.24. The number of amides is 1. The molecule has 2 rings (SSSR count). The van der Waals surface area contributed by atoms with E-state index in [-0.39, 0.29) is 17.2 Å². The number of rotatable bonds is 3. The normalized spacial score (nSPS) is 10.2. The second-order valence-electron chi connectivity index (χ2n) is 3.48. The Morgan fingerprint density at radius 3 is 2.94 bits per heavy atom. The first-order valence-electron chi connectivity index (χ1n) is 4.94. The minimum Gasteiger partial charge on any atom is -0.507 e. The standard InChI is InChI=1S/C12H10ClNO3/c13-9-1-2-11(15)10(5-9)12(16)14-6-8-3-4-17-7-8/h1-5,7,15H,6H2,(H,14,16). The Kier molecular flexibility index (Phi) is 3.35. The largest absolute Gasteiger partial charge is 0.507 e. The van der Waals surface area contributed by atoms with Crippen LogP contribution < -0.4 is 5.32 Å². The van der Waals surface area contributed by atoms with Gasteiger partial charge in [-0.2, -0.15) is 0 Å². The molecule has 0 spiro atoms. The van der Waals surface area contributed by atoms with Gasteiger partial charge in [0.2, 0.25) is 0 Å². The minimum atomic E-state index is -0.383. The van der Waals surface area contributed by atoms with Gasteiger partial charge in [-0.15, -0.1) is 0 Å². The van der Waals surface area contributed by atoms with Crippen LogP contribution >= 0.6 is 11.6 Å². The molecule has 0 radical (unpaired) electrons. The maximum Gasteiger partial charge on any atom is 0.255 e. The van der Waals surface area contributed by atoms with Crippen molar-refractivity contribution in [3.8, 4) is 5.75 Å². The summed E-state index contributed by atoms with van der Waals surface area (Å²) < 4.78 is 4.87. The lowest BCUT2D eigenvalue weighted by Crippen LogP contribution is -2.22. The van der Waals surface area contributed by atoms with Crippen LogP contribution in [0.15, 0.2) is 41.2 Å². The summed E-state index contributed by atoms with van der Waals surface area (Å²) in [7, 11) is 0. The predicted octanol–water partition coefficient (Wildman–Crippen LogP) is 2.57. The molecule has 0 saturated heterocycles. The highest BCUT2D eigenvalue weighted by molar-refractivity contribution is 6.31. The fraction of sp³-hybridized carbons (Fsp3) is 0.0833. The van der Waals surface area contributed by atoms with Crippen LogP contribution in [0.4, 0.5) is 0 Å². The minimum absolute atomic E-state index is 0.0981. The fourth-order valence-electron chi connectivity index (χ4n) is 1.36. The number of phenolic OH excluding ortho intramolecular Hbond substituents is 1. The molecule has 0 fully saturated rings. The third-order valence-corrected chi connectivity index (χ3v) is 2.47. The second kappa shape index (κ2) is 4.93. The lowest BCUT2D eigenvalue weighted by molar-refractivity contribution is 0.0948. The highest BCUT2D eigenvalue weighted by Crippen LogP contribution is 2.21. The van der Waals surface area contributed by atoms with Crippen molar-refractivity contribution >= 4 is 17.5 Å². The van der Waals surface area contributed by atoms with E-state index in [9.17, 15) is 9.90 Å². The van der Waals surface area contributed by atoms with Gasteiger partial charge in [-0.25, -0.2) is 0 Å². The number of hydrogen-bond donors (Lipinski definition) is 2. The van der Waals surface area contributed by atoms with E-state index in [2.05, 4.69) is 5.32 Å². The number of aromatic hydroxyl groups is 1. The van der Waals surface area contributed by atoms with Gasteiger partial charge in [0.25, 0.3) is 5.91 Å². The van der Waals surface area contributed by atoms with Crippen LogP contribution in [0.1, 0.15) is 15.9 Å². The molecule has 4 nitrogen and oxygen atoms in total. The fourth-order valence-corrected chi connectivity index (χ4v) is 1.53. The van der Waals surface area contributed by atoms with Gasteiger partial charge in [0.1, 0.15) is 5.75 Å². The van der Waals surface area contributed by atoms with Gasteiger partial charge in [0.05, 0.1) is 18.1 Å². The molecule has 2 N–H and O–H groups in total. The molecule has 0 atom stereocenters. The number of benzene rings is 1. The zero-order valence-electron chi connectivity index (χ0n) is 8.81. The van der Waals surface area contributed by atoms with Crippen molar-refractivity contribution in [3.05, 3.63) is 52.9 Å². The molecular formula is C12H10ClNO3. The first-order valence-corrected chi connectivity index (χ1v) is 5.32. The smallest absolute Gasteiger partial charge is 0.255 e. The summed E-state index contributed by atoms with van der Waals surface area (Å²) in [6.45, 7) is 0.335. The zero-order valence-corrected chi connectivity index (χ0v) is 9.57. The molecule has 0 aliphatic heterocycles. The van der Waals surface area contributed by atoms with E-state index < -0.39 is 0 Å². The summed E-state index contributed by atoms with van der Waals surface area (Å²) >= 11 is 5.75. The summed E-state index contributed by atoms with van der Waals surface area (Å²) in [6, 6.07) is 6.07. The van der Waals surface area contributed by atoms with Gasteiger partial charge >= 0.3 is 0 Å². The molecule has 0 bridgehead atoms. The Morgan fingerprint density at radius 1 is 1.41 bits per heavy atom. The summed E-state index contributed by atoms with van der Waals surface area (Å²) in [5, 5.41) is 12.6. The van der Waals surface area contributed by atoms with Crippen molar-refractivity contribution < 1.29 is 14.3 Å². The molecule has 1 aromatic heterocycles. The molecule has 17 heavy (non-hydrogen) atoms. The van der Waals surface area contributed by atoms with Crippen molar-refractivity contribution in [2.75, 3.05) is 0 Å². The van der Waals surface area contributed by atoms with Crippen molar-refractivity contribution in [1.29, 1.82) is 0 Å². The van der Waals surface area contributed by atoms with E-state index in [0.29, 0.717) is 11.6 Å². The number of nitrogens with one attached hydrogen (secondary N) is 1. The Hall–Kier alpha value is -1.94. The summed E-state index contributed by atoms with van der Waals surface area (Å²) in [4.78, 5) is 11.8. The van der Waals surface area contributed by atoms with Gasteiger partial charge in [-0.05, 0) is 24.3 Å². The summed E-state index contributed by atoms with van der Waals surface area (Å²) in [5.74, 6) is -0.481. The number of furan rings is 1. The van der Waals surface area contributed by atoms with E-state index in [1.807, 2.05) is 0 Å². The maximum atomic E-state index is 11.8. The topological polar surface area (TPSA) is 62.5 Å². The van der Waals surface area contributed by atoms with Crippen molar-refractivity contribution in [1.82, 2.24) is 5.32 Å². The molecule has 1 aromatic carbocycles. The lowest BCUT2D eigenvalue weighted by atomic mass is 10.2. The number of phenols is 1. The molecule has 0 aliphatic rings. The Labute approximate surface area is 103 Å². The monoisotopic (exact) mass is 251 g/mol. The lowest BCUT2D eigenvalue weighted by Gasteiger charge is -2.05. The summed E-state index contributed by atoms with van der Waals surface area (Å²) in [5.41, 5.74) is 1.00. The van der Waals surface area contributed by atoms with Gasteiger partial charge in [0.15, 0.2) is 0 Å². The Balaban J connectivity index is 2.07. The van der Waals surface area contributed by atoms with Crippen LogP contribution in [-0.4, -0.2) is 11.0 Å². The van der Waals surface area contributed by atoms with Crippen molar-refractivity contribution in [2.45, 2.75) is 6.54 Å². The van der Waals surface area contributed by atoms with Crippen molar-refractivity contribution in [2.24, 2.45) is 0 Å². The maximum absolute atomic E-state index is 11.8. The number of halogens is 1. The molecule has 0 aliphatic carbocycles. The molecule has 1 heterocycles. The second-order valence-corrected chi connectivity index (χ2v) is 3.91. The van der Waals surface area contributed by atoms with E-state index in [1.54, 1.807) is 6.07 Å². The third kappa shape index (κ3) is 2.79. The highest BCUT2D eigenvalue weighted by atomic mass is 35.5. The number of carbonyl (C=O) groups excluding carboxylic acids is 1. The zero-order chi connectivity index (χ0) is 12.3. The molecular weight excluding hydrogens is 242 g/mol. The molecule has 0 saturated carbocycles. The van der Waals surface area contributed by atoms with Gasteiger partial charge in [-0.3, -0.25) is 4.79 Å². The number of carbonyl (C=O) groups is 1. The molecule has 88 valence electrons. The highest BCUT2D eigenvalue weighted by Gasteiger charge is 2.11. The SMILES string of the molecule is O=C(NCc1ccoc1)c1cc(Cl)ccc1O. The quantitative estimate of drug-likeness (QED) is 0.881. The summed E-state index contributed by atoms with van der Waals surface area (Å²) in [6.07, 6.45) is 3.07. The molecule has 0 unspecified atom stereocenters. The van der Waals surface area contributed by atoms with Gasteiger partial charge in [-0.1, -0.05) is 11.6 Å². The van der Waals surface area contributed by atoms with E-state index in [4.69, 9.17) is 16.0 Å². The van der Waals surface area contributed by atoms with Crippen LogP contribution in [0.5, 0.6) is 5.75 Å². The van der Waals surface area contributed by atoms with Crippen LogP contribution in [-0.2, 0) is 6.54 Å². The van der Waals surface area contributed by atoms with Crippen LogP contribution in [0.2, 0.25) is 5.02 Å². The first-order chi connectivity index (χ1) is 8.16. The van der Waals surface area contributed by atoms with E-state index in [1.165, 1.54) is 30.7 Å². The van der Waals surface area contributed by atoms with Crippen LogP contribution in [0.3, 0.4) is 0 Å². The van der Waals surface area contributed by atoms with Gasteiger partial charge in [0, 0.05) is 17.1 Å².